The van der Waals surface area contributed by atoms with Gasteiger partial charge in [0.05, 0.1) is 35.9 Å². The van der Waals surface area contributed by atoms with Gasteiger partial charge in [0, 0.05) is 6.54 Å². The third-order valence-electron chi connectivity index (χ3n) is 3.15. The van der Waals surface area contributed by atoms with E-state index in [1.165, 1.54) is 23.1 Å². The van der Waals surface area contributed by atoms with Crippen molar-refractivity contribution in [1.82, 2.24) is 4.90 Å². The van der Waals surface area contributed by atoms with Gasteiger partial charge >= 0.3 is 0 Å². The third-order valence-corrected chi connectivity index (χ3v) is 3.44. The number of rotatable bonds is 2. The lowest BCUT2D eigenvalue weighted by Crippen LogP contribution is -2.52. The Morgan fingerprint density at radius 1 is 1.63 bits per heavy atom. The smallest absolute Gasteiger partial charge is 0.257 e. The zero-order chi connectivity index (χ0) is 14.0. The quantitative estimate of drug-likeness (QED) is 0.901. The summed E-state index contributed by atoms with van der Waals surface area (Å²) < 4.78 is 19.2. The van der Waals surface area contributed by atoms with E-state index in [-0.39, 0.29) is 29.8 Å². The Labute approximate surface area is 115 Å². The molecule has 6 heteroatoms. The number of hydrogen-bond acceptors (Lipinski definition) is 3. The monoisotopic (exact) mass is 287 g/mol. The minimum atomic E-state index is -0.714. The van der Waals surface area contributed by atoms with E-state index in [1.807, 2.05) is 6.92 Å². The van der Waals surface area contributed by atoms with Crippen LogP contribution in [0.2, 0.25) is 5.02 Å². The molecule has 1 aromatic carbocycles. The average molecular weight is 288 g/mol. The summed E-state index contributed by atoms with van der Waals surface area (Å²) in [7, 11) is 0. The molecule has 4 nitrogen and oxygen atoms in total. The zero-order valence-corrected chi connectivity index (χ0v) is 11.2. The second-order valence-corrected chi connectivity index (χ2v) is 4.95. The Kier molecular flexibility index (Phi) is 4.39. The summed E-state index contributed by atoms with van der Waals surface area (Å²) in [4.78, 5) is 13.8. The van der Waals surface area contributed by atoms with Crippen molar-refractivity contribution < 1.29 is 19.0 Å². The standard InChI is InChI=1S/C13H15ClFNO3/c1-8-7-19-9(6-17)5-16(8)13(18)10-3-2-4-11(14)12(10)15/h2-4,8-9,17H,5-7H2,1H3. The molecule has 1 aliphatic rings. The predicted molar refractivity (Wildman–Crippen MR) is 68.7 cm³/mol. The van der Waals surface area contributed by atoms with Crippen LogP contribution in [0.1, 0.15) is 17.3 Å². The topological polar surface area (TPSA) is 49.8 Å². The van der Waals surface area contributed by atoms with Crippen molar-refractivity contribution in [3.63, 3.8) is 0 Å². The van der Waals surface area contributed by atoms with Crippen LogP contribution in [0, 0.1) is 5.82 Å². The molecule has 2 unspecified atom stereocenters. The molecule has 19 heavy (non-hydrogen) atoms. The van der Waals surface area contributed by atoms with Crippen LogP contribution in [-0.4, -0.2) is 47.8 Å². The lowest BCUT2D eigenvalue weighted by molar-refractivity contribution is -0.0668. The van der Waals surface area contributed by atoms with Crippen molar-refractivity contribution in [2.24, 2.45) is 0 Å². The number of hydrogen-bond donors (Lipinski definition) is 1. The Morgan fingerprint density at radius 2 is 2.37 bits per heavy atom. The SMILES string of the molecule is CC1COC(CO)CN1C(=O)c1cccc(Cl)c1F. The number of carbonyl (C=O) groups is 1. The van der Waals surface area contributed by atoms with Crippen molar-refractivity contribution in [3.8, 4) is 0 Å². The van der Waals surface area contributed by atoms with Gasteiger partial charge < -0.3 is 14.7 Å². The molecule has 2 atom stereocenters. The van der Waals surface area contributed by atoms with E-state index in [4.69, 9.17) is 21.4 Å². The molecular weight excluding hydrogens is 273 g/mol. The van der Waals surface area contributed by atoms with E-state index in [1.54, 1.807) is 0 Å². The van der Waals surface area contributed by atoms with Crippen LogP contribution < -0.4 is 0 Å². The molecule has 1 fully saturated rings. The van der Waals surface area contributed by atoms with Crippen molar-refractivity contribution in [2.75, 3.05) is 19.8 Å². The number of aliphatic hydroxyl groups is 1. The highest BCUT2D eigenvalue weighted by Gasteiger charge is 2.31. The highest BCUT2D eigenvalue weighted by Crippen LogP contribution is 2.22. The molecule has 104 valence electrons. The molecule has 0 aromatic heterocycles. The van der Waals surface area contributed by atoms with E-state index in [0.29, 0.717) is 6.61 Å². The van der Waals surface area contributed by atoms with E-state index in [9.17, 15) is 9.18 Å². The van der Waals surface area contributed by atoms with Gasteiger partial charge in [-0.15, -0.1) is 0 Å². The van der Waals surface area contributed by atoms with Crippen LogP contribution in [0.4, 0.5) is 4.39 Å². The van der Waals surface area contributed by atoms with Gasteiger partial charge in [0.2, 0.25) is 0 Å². The first-order valence-corrected chi connectivity index (χ1v) is 6.39. The predicted octanol–water partition coefficient (Wildman–Crippen LogP) is 1.70. The number of benzene rings is 1. The average Bonchev–Trinajstić information content (AvgIpc) is 2.42. The van der Waals surface area contributed by atoms with Gasteiger partial charge in [-0.25, -0.2) is 4.39 Å². The van der Waals surface area contributed by atoms with Crippen molar-refractivity contribution >= 4 is 17.5 Å². The fourth-order valence-corrected chi connectivity index (χ4v) is 2.21. The number of morpholine rings is 1. The molecule has 0 aliphatic carbocycles. The zero-order valence-electron chi connectivity index (χ0n) is 10.5. The van der Waals surface area contributed by atoms with Gasteiger partial charge in [0.1, 0.15) is 0 Å². The first-order valence-electron chi connectivity index (χ1n) is 6.02. The number of ether oxygens (including phenoxy) is 1. The molecule has 1 N–H and O–H groups in total. The van der Waals surface area contributed by atoms with E-state index in [2.05, 4.69) is 0 Å². The normalized spacial score (nSPS) is 23.5. The summed E-state index contributed by atoms with van der Waals surface area (Å²) in [6.07, 6.45) is -0.428. The fraction of sp³-hybridized carbons (Fsp3) is 0.462. The van der Waals surface area contributed by atoms with Gasteiger partial charge in [-0.3, -0.25) is 4.79 Å². The third kappa shape index (κ3) is 2.88. The fourth-order valence-electron chi connectivity index (χ4n) is 2.03. The number of halogens is 2. The lowest BCUT2D eigenvalue weighted by atomic mass is 10.1. The van der Waals surface area contributed by atoms with Crippen molar-refractivity contribution in [1.29, 1.82) is 0 Å². The van der Waals surface area contributed by atoms with Gasteiger partial charge in [-0.1, -0.05) is 17.7 Å². The molecule has 1 amide bonds. The molecule has 1 saturated heterocycles. The van der Waals surface area contributed by atoms with Gasteiger partial charge in [-0.2, -0.15) is 0 Å². The minimum absolute atomic E-state index is 0.0575. The van der Waals surface area contributed by atoms with E-state index in [0.717, 1.165) is 0 Å². The first-order chi connectivity index (χ1) is 9.04. The highest BCUT2D eigenvalue weighted by molar-refractivity contribution is 6.31. The summed E-state index contributed by atoms with van der Waals surface area (Å²) in [6.45, 7) is 2.20. The summed E-state index contributed by atoms with van der Waals surface area (Å²) in [5.41, 5.74) is -0.0575. The van der Waals surface area contributed by atoms with Crippen LogP contribution in [-0.2, 0) is 4.74 Å². The van der Waals surface area contributed by atoms with Crippen molar-refractivity contribution in [2.45, 2.75) is 19.1 Å². The molecule has 1 aromatic rings. The molecule has 0 radical (unpaired) electrons. The lowest BCUT2D eigenvalue weighted by Gasteiger charge is -2.37. The number of amides is 1. The molecule has 0 saturated carbocycles. The van der Waals surface area contributed by atoms with E-state index < -0.39 is 17.8 Å². The van der Waals surface area contributed by atoms with Crippen LogP contribution in [0.25, 0.3) is 0 Å². The first kappa shape index (κ1) is 14.2. The van der Waals surface area contributed by atoms with E-state index >= 15 is 0 Å². The number of carbonyl (C=O) groups excluding carboxylic acids is 1. The Bertz CT molecular complexity index is 483. The second-order valence-electron chi connectivity index (χ2n) is 4.55. The maximum atomic E-state index is 13.9. The van der Waals surface area contributed by atoms with Crippen LogP contribution >= 0.6 is 11.6 Å². The minimum Gasteiger partial charge on any atom is -0.394 e. The Balaban J connectivity index is 2.24. The Hall–Kier alpha value is -1.17. The summed E-state index contributed by atoms with van der Waals surface area (Å²) >= 11 is 5.68. The molecule has 1 heterocycles. The van der Waals surface area contributed by atoms with Gasteiger partial charge in [0.15, 0.2) is 5.82 Å². The second kappa shape index (κ2) is 5.86. The van der Waals surface area contributed by atoms with Gasteiger partial charge in [0.25, 0.3) is 5.91 Å². The molecule has 0 bridgehead atoms. The summed E-state index contributed by atoms with van der Waals surface area (Å²) in [5.74, 6) is -1.15. The Morgan fingerprint density at radius 3 is 3.05 bits per heavy atom. The molecule has 0 spiro atoms. The summed E-state index contributed by atoms with van der Waals surface area (Å²) in [5, 5.41) is 9.01. The van der Waals surface area contributed by atoms with Crippen LogP contribution in [0.3, 0.4) is 0 Å². The van der Waals surface area contributed by atoms with Crippen LogP contribution in [0.15, 0.2) is 18.2 Å². The summed E-state index contributed by atoms with van der Waals surface area (Å²) in [6, 6.07) is 4.16. The van der Waals surface area contributed by atoms with Crippen LogP contribution in [0.5, 0.6) is 0 Å². The molecule has 2 rings (SSSR count). The highest BCUT2D eigenvalue weighted by atomic mass is 35.5. The largest absolute Gasteiger partial charge is 0.394 e. The molecule has 1 aliphatic heterocycles. The number of nitrogens with zero attached hydrogens (tertiary/aromatic N) is 1. The number of aliphatic hydroxyl groups excluding tert-OH is 1. The van der Waals surface area contributed by atoms with Gasteiger partial charge in [-0.05, 0) is 19.1 Å². The maximum Gasteiger partial charge on any atom is 0.257 e. The molecular formula is C13H15ClFNO3. The maximum absolute atomic E-state index is 13.9. The van der Waals surface area contributed by atoms with Crippen molar-refractivity contribution in [3.05, 3.63) is 34.6 Å².